The quantitative estimate of drug-likeness (QED) is 0.464. The van der Waals surface area contributed by atoms with E-state index in [9.17, 15) is 0 Å². The van der Waals surface area contributed by atoms with Gasteiger partial charge in [0, 0.05) is 0 Å². The molecule has 0 aliphatic carbocycles. The molecule has 0 saturated heterocycles. The molecular weight excluding hydrogens is 154 g/mol. The Balaban J connectivity index is 0.000000292. The fourth-order valence-corrected chi connectivity index (χ4v) is 0.663. The van der Waals surface area contributed by atoms with Crippen LogP contribution in [0.25, 0.3) is 0 Å². The van der Waals surface area contributed by atoms with E-state index in [4.69, 9.17) is 5.26 Å². The third-order valence-corrected chi connectivity index (χ3v) is 1.43. The Bertz CT molecular complexity index is 229. The Morgan fingerprint density at radius 2 is 1.45 bits per heavy atom. The van der Waals surface area contributed by atoms with E-state index < -0.39 is 0 Å². The third kappa shape index (κ3) is 4.46. The lowest BCUT2D eigenvalue weighted by molar-refractivity contribution is 1.34. The van der Waals surface area contributed by atoms with Gasteiger partial charge in [-0.1, -0.05) is 36.9 Å². The molecule has 0 fully saturated rings. The van der Waals surface area contributed by atoms with Crippen LogP contribution >= 0.6 is 12.6 Å². The summed E-state index contributed by atoms with van der Waals surface area (Å²) in [4.78, 5) is 0. The molecule has 0 heterocycles. The lowest BCUT2D eigenvalue weighted by atomic mass is 10.1. The maximum atomic E-state index is 7.18. The van der Waals surface area contributed by atoms with Gasteiger partial charge in [-0.25, -0.2) is 0 Å². The molecule has 0 aliphatic heterocycles. The molecule has 1 rings (SSSR count). The first kappa shape index (κ1) is 10.1. The van der Waals surface area contributed by atoms with Crippen LogP contribution in [0.2, 0.25) is 0 Å². The van der Waals surface area contributed by atoms with Crippen molar-refractivity contribution in [1.82, 2.24) is 0 Å². The third-order valence-electron chi connectivity index (χ3n) is 1.43. The minimum atomic E-state index is 1.37. The molecule has 1 aromatic carbocycles. The Labute approximate surface area is 73.1 Å². The number of thiocyanates is 1. The van der Waals surface area contributed by atoms with Gasteiger partial charge in [-0.15, -0.1) is 0 Å². The summed E-state index contributed by atoms with van der Waals surface area (Å²) in [5.41, 5.74) is 2.74. The monoisotopic (exact) mass is 165 g/mol. The van der Waals surface area contributed by atoms with Crippen LogP contribution in [0.1, 0.15) is 11.1 Å². The van der Waals surface area contributed by atoms with Crippen molar-refractivity contribution in [3.05, 3.63) is 35.4 Å². The summed E-state index contributed by atoms with van der Waals surface area (Å²) >= 11 is 3.09. The maximum absolute atomic E-state index is 7.18. The number of benzene rings is 1. The van der Waals surface area contributed by atoms with E-state index in [0.29, 0.717) is 0 Å². The molecular formula is C9H11NS. The number of hydrogen-bond acceptors (Lipinski definition) is 2. The zero-order valence-corrected chi connectivity index (χ0v) is 7.60. The Morgan fingerprint density at radius 1 is 1.18 bits per heavy atom. The predicted octanol–water partition coefficient (Wildman–Crippen LogP) is 2.70. The number of hydrogen-bond donors (Lipinski definition) is 1. The van der Waals surface area contributed by atoms with Crippen LogP contribution in [-0.4, -0.2) is 0 Å². The SMILES string of the molecule is Cc1ccccc1C.N#CS. The van der Waals surface area contributed by atoms with Gasteiger partial charge in [-0.3, -0.25) is 0 Å². The number of rotatable bonds is 0. The van der Waals surface area contributed by atoms with Crippen molar-refractivity contribution < 1.29 is 0 Å². The van der Waals surface area contributed by atoms with Crippen molar-refractivity contribution in [3.63, 3.8) is 0 Å². The fourth-order valence-electron chi connectivity index (χ4n) is 0.663. The highest BCUT2D eigenvalue weighted by Crippen LogP contribution is 2.02. The average Bonchev–Trinajstić information content (AvgIpc) is 1.97. The van der Waals surface area contributed by atoms with E-state index in [2.05, 4.69) is 50.7 Å². The van der Waals surface area contributed by atoms with Gasteiger partial charge in [-0.2, -0.15) is 5.26 Å². The van der Waals surface area contributed by atoms with Crippen LogP contribution < -0.4 is 0 Å². The highest BCUT2D eigenvalue weighted by atomic mass is 32.1. The van der Waals surface area contributed by atoms with Crippen molar-refractivity contribution >= 4 is 12.6 Å². The molecule has 0 aromatic heterocycles. The van der Waals surface area contributed by atoms with Gasteiger partial charge < -0.3 is 0 Å². The van der Waals surface area contributed by atoms with Gasteiger partial charge in [-0.05, 0) is 25.0 Å². The topological polar surface area (TPSA) is 23.8 Å². The van der Waals surface area contributed by atoms with Crippen LogP contribution in [0, 0.1) is 24.5 Å². The molecule has 0 unspecified atom stereocenters. The van der Waals surface area contributed by atoms with E-state index in [1.165, 1.54) is 16.5 Å². The van der Waals surface area contributed by atoms with Gasteiger partial charge in [0.15, 0.2) is 0 Å². The molecule has 0 N–H and O–H groups in total. The maximum Gasteiger partial charge on any atom is 0.130 e. The zero-order chi connectivity index (χ0) is 8.69. The Hall–Kier alpha value is -0.940. The number of nitrogens with zero attached hydrogens (tertiary/aromatic N) is 1. The van der Waals surface area contributed by atoms with Crippen LogP contribution in [-0.2, 0) is 0 Å². The summed E-state index contributed by atoms with van der Waals surface area (Å²) in [6, 6.07) is 8.36. The molecule has 0 spiro atoms. The number of aryl methyl sites for hydroxylation is 2. The van der Waals surface area contributed by atoms with E-state index in [-0.39, 0.29) is 0 Å². The van der Waals surface area contributed by atoms with E-state index >= 15 is 0 Å². The van der Waals surface area contributed by atoms with Crippen LogP contribution in [0.5, 0.6) is 0 Å². The molecule has 1 aromatic rings. The molecule has 58 valence electrons. The zero-order valence-electron chi connectivity index (χ0n) is 6.70. The lowest BCUT2D eigenvalue weighted by Crippen LogP contribution is -1.74. The highest BCUT2D eigenvalue weighted by molar-refractivity contribution is 7.85. The molecule has 11 heavy (non-hydrogen) atoms. The summed E-state index contributed by atoms with van der Waals surface area (Å²) in [7, 11) is 0. The second-order valence-corrected chi connectivity index (χ2v) is 2.38. The largest absolute Gasteiger partial charge is 0.185 e. The van der Waals surface area contributed by atoms with E-state index in [1.54, 1.807) is 0 Å². The van der Waals surface area contributed by atoms with Crippen molar-refractivity contribution in [2.45, 2.75) is 13.8 Å². The molecule has 0 saturated carbocycles. The molecule has 0 aliphatic rings. The number of thiol groups is 1. The van der Waals surface area contributed by atoms with Gasteiger partial charge in [0.05, 0.1) is 0 Å². The molecule has 0 amide bonds. The highest BCUT2D eigenvalue weighted by Gasteiger charge is 1.83. The summed E-state index contributed by atoms with van der Waals surface area (Å²) in [6.07, 6.45) is 0. The first-order chi connectivity index (χ1) is 5.22. The van der Waals surface area contributed by atoms with Crippen molar-refractivity contribution in [2.75, 3.05) is 0 Å². The van der Waals surface area contributed by atoms with Crippen molar-refractivity contribution in [2.24, 2.45) is 0 Å². The molecule has 1 nitrogen and oxygen atoms in total. The lowest BCUT2D eigenvalue weighted by Gasteiger charge is -1.93. The van der Waals surface area contributed by atoms with Crippen molar-refractivity contribution in [3.8, 4) is 5.40 Å². The van der Waals surface area contributed by atoms with Crippen LogP contribution in [0.3, 0.4) is 0 Å². The molecule has 2 heteroatoms. The first-order valence-corrected chi connectivity index (χ1v) is 3.72. The van der Waals surface area contributed by atoms with Gasteiger partial charge >= 0.3 is 0 Å². The summed E-state index contributed by atoms with van der Waals surface area (Å²) in [5.74, 6) is 0. The minimum Gasteiger partial charge on any atom is -0.185 e. The van der Waals surface area contributed by atoms with Gasteiger partial charge in [0.25, 0.3) is 0 Å². The normalized spacial score (nSPS) is 7.45. The second-order valence-electron chi connectivity index (χ2n) is 2.18. The van der Waals surface area contributed by atoms with Gasteiger partial charge in [0.2, 0.25) is 0 Å². The molecule has 0 radical (unpaired) electrons. The first-order valence-electron chi connectivity index (χ1n) is 3.27. The Morgan fingerprint density at radius 3 is 1.64 bits per heavy atom. The minimum absolute atomic E-state index is 1.37. The standard InChI is InChI=1S/C8H10.CHNS/c1-7-5-3-4-6-8(7)2;2-1-3/h3-6H,1-2H3;3H. The Kier molecular flexibility index (Phi) is 5.32. The van der Waals surface area contributed by atoms with Crippen LogP contribution in [0.15, 0.2) is 24.3 Å². The summed E-state index contributed by atoms with van der Waals surface area (Å²) < 4.78 is 0. The van der Waals surface area contributed by atoms with E-state index in [1.807, 2.05) is 0 Å². The molecule has 0 atom stereocenters. The van der Waals surface area contributed by atoms with E-state index in [0.717, 1.165) is 0 Å². The average molecular weight is 165 g/mol. The second kappa shape index (κ2) is 5.82. The summed E-state index contributed by atoms with van der Waals surface area (Å²) in [6.45, 7) is 4.24. The number of nitriles is 1. The smallest absolute Gasteiger partial charge is 0.130 e. The predicted molar refractivity (Wildman–Crippen MR) is 50.5 cm³/mol. The molecule has 0 bridgehead atoms. The van der Waals surface area contributed by atoms with Crippen molar-refractivity contribution in [1.29, 1.82) is 5.26 Å². The van der Waals surface area contributed by atoms with Crippen LogP contribution in [0.4, 0.5) is 0 Å². The summed E-state index contributed by atoms with van der Waals surface area (Å²) in [5, 5.41) is 8.63. The fraction of sp³-hybridized carbons (Fsp3) is 0.222. The van der Waals surface area contributed by atoms with Gasteiger partial charge in [0.1, 0.15) is 5.40 Å².